The first-order valence-electron chi connectivity index (χ1n) is 6.84. The Bertz CT molecular complexity index is 293. The highest BCUT2D eigenvalue weighted by Crippen LogP contribution is 2.28. The molecule has 4 heteroatoms. The molecule has 0 unspecified atom stereocenters. The van der Waals surface area contributed by atoms with E-state index in [0.29, 0.717) is 5.92 Å². The quantitative estimate of drug-likeness (QED) is 0.687. The van der Waals surface area contributed by atoms with Gasteiger partial charge in [-0.05, 0) is 19.4 Å². The van der Waals surface area contributed by atoms with Gasteiger partial charge in [-0.15, -0.1) is 21.5 Å². The van der Waals surface area contributed by atoms with E-state index >= 15 is 0 Å². The molecule has 0 aromatic carbocycles. The number of likely N-dealkylation sites (N-methyl/N-ethyl adjacent to an activating group) is 1. The normalized spacial score (nSPS) is 11.3. The van der Waals surface area contributed by atoms with Crippen LogP contribution >= 0.6 is 11.3 Å². The van der Waals surface area contributed by atoms with Crippen LogP contribution in [0.3, 0.4) is 0 Å². The Morgan fingerprint density at radius 2 is 1.82 bits per heavy atom. The standard InChI is InChI=1S/C13H25N3S/c1-4-7-11(8-5-2)13-16-15-12(17-13)9-10-14-6-3/h11,14H,4-10H2,1-3H3. The van der Waals surface area contributed by atoms with Gasteiger partial charge in [0.25, 0.3) is 0 Å². The van der Waals surface area contributed by atoms with Crippen LogP contribution in [0.1, 0.15) is 62.4 Å². The third kappa shape index (κ3) is 5.13. The van der Waals surface area contributed by atoms with Crippen LogP contribution in [0, 0.1) is 0 Å². The molecule has 3 nitrogen and oxygen atoms in total. The van der Waals surface area contributed by atoms with Crippen LogP contribution in [0.2, 0.25) is 0 Å². The Balaban J connectivity index is 2.51. The monoisotopic (exact) mass is 255 g/mol. The van der Waals surface area contributed by atoms with E-state index in [-0.39, 0.29) is 0 Å². The number of nitrogens with one attached hydrogen (secondary N) is 1. The summed E-state index contributed by atoms with van der Waals surface area (Å²) in [5.41, 5.74) is 0. The number of hydrogen-bond acceptors (Lipinski definition) is 4. The van der Waals surface area contributed by atoms with Crippen molar-refractivity contribution in [3.63, 3.8) is 0 Å². The lowest BCUT2D eigenvalue weighted by Gasteiger charge is -2.10. The van der Waals surface area contributed by atoms with E-state index in [2.05, 4.69) is 36.3 Å². The molecule has 17 heavy (non-hydrogen) atoms. The van der Waals surface area contributed by atoms with Crippen LogP contribution in [0.15, 0.2) is 0 Å². The Kier molecular flexibility index (Phi) is 7.37. The van der Waals surface area contributed by atoms with E-state index in [1.807, 2.05) is 11.3 Å². The number of hydrogen-bond donors (Lipinski definition) is 1. The summed E-state index contributed by atoms with van der Waals surface area (Å²) in [6.07, 6.45) is 5.97. The van der Waals surface area contributed by atoms with E-state index in [1.165, 1.54) is 35.7 Å². The van der Waals surface area contributed by atoms with Crippen LogP contribution in [-0.2, 0) is 6.42 Å². The van der Waals surface area contributed by atoms with Gasteiger partial charge >= 0.3 is 0 Å². The van der Waals surface area contributed by atoms with Gasteiger partial charge in [-0.2, -0.15) is 0 Å². The molecule has 0 spiro atoms. The molecule has 0 atom stereocenters. The van der Waals surface area contributed by atoms with Crippen molar-refractivity contribution in [3.05, 3.63) is 10.0 Å². The van der Waals surface area contributed by atoms with E-state index < -0.39 is 0 Å². The summed E-state index contributed by atoms with van der Waals surface area (Å²) in [6, 6.07) is 0. The highest BCUT2D eigenvalue weighted by molar-refractivity contribution is 7.11. The second kappa shape index (κ2) is 8.59. The van der Waals surface area contributed by atoms with E-state index in [4.69, 9.17) is 0 Å². The molecule has 1 aromatic rings. The highest BCUT2D eigenvalue weighted by Gasteiger charge is 2.15. The molecule has 1 aromatic heterocycles. The minimum atomic E-state index is 0.635. The molecule has 0 amide bonds. The largest absolute Gasteiger partial charge is 0.317 e. The van der Waals surface area contributed by atoms with Crippen LogP contribution < -0.4 is 5.32 Å². The van der Waals surface area contributed by atoms with Crippen LogP contribution in [0.5, 0.6) is 0 Å². The van der Waals surface area contributed by atoms with Crippen molar-refractivity contribution in [2.45, 2.75) is 58.8 Å². The van der Waals surface area contributed by atoms with E-state index in [9.17, 15) is 0 Å². The molecule has 0 fully saturated rings. The first-order chi connectivity index (χ1) is 8.31. The van der Waals surface area contributed by atoms with Crippen molar-refractivity contribution >= 4 is 11.3 Å². The predicted molar refractivity (Wildman–Crippen MR) is 74.7 cm³/mol. The summed E-state index contributed by atoms with van der Waals surface area (Å²) in [5.74, 6) is 0.635. The van der Waals surface area contributed by atoms with Crippen LogP contribution in [0.4, 0.5) is 0 Å². The number of nitrogens with zero attached hydrogens (tertiary/aromatic N) is 2. The van der Waals surface area contributed by atoms with Crippen molar-refractivity contribution < 1.29 is 0 Å². The maximum absolute atomic E-state index is 4.37. The zero-order valence-corrected chi connectivity index (χ0v) is 12.1. The van der Waals surface area contributed by atoms with Gasteiger partial charge in [0.05, 0.1) is 0 Å². The maximum Gasteiger partial charge on any atom is 0.120 e. The Labute approximate surface area is 109 Å². The lowest BCUT2D eigenvalue weighted by Crippen LogP contribution is -2.15. The van der Waals surface area contributed by atoms with Crippen molar-refractivity contribution in [2.24, 2.45) is 0 Å². The van der Waals surface area contributed by atoms with Gasteiger partial charge in [0.1, 0.15) is 10.0 Å². The molecule has 0 saturated heterocycles. The van der Waals surface area contributed by atoms with Crippen molar-refractivity contribution in [1.82, 2.24) is 15.5 Å². The molecule has 0 aliphatic carbocycles. The summed E-state index contributed by atoms with van der Waals surface area (Å²) in [7, 11) is 0. The second-order valence-electron chi connectivity index (χ2n) is 4.41. The Morgan fingerprint density at radius 1 is 1.12 bits per heavy atom. The van der Waals surface area contributed by atoms with Crippen LogP contribution in [-0.4, -0.2) is 23.3 Å². The Hall–Kier alpha value is -0.480. The van der Waals surface area contributed by atoms with Crippen molar-refractivity contribution in [3.8, 4) is 0 Å². The number of aromatic nitrogens is 2. The molecular weight excluding hydrogens is 230 g/mol. The fraction of sp³-hybridized carbons (Fsp3) is 0.846. The fourth-order valence-corrected chi connectivity index (χ4v) is 3.00. The summed E-state index contributed by atoms with van der Waals surface area (Å²) in [5, 5.41) is 14.4. The fourth-order valence-electron chi connectivity index (χ4n) is 1.99. The molecule has 0 bridgehead atoms. The lowest BCUT2D eigenvalue weighted by atomic mass is 9.99. The molecule has 0 aliphatic heterocycles. The minimum absolute atomic E-state index is 0.635. The van der Waals surface area contributed by atoms with Gasteiger partial charge in [0.15, 0.2) is 0 Å². The SMILES string of the molecule is CCCC(CCC)c1nnc(CCNCC)s1. The molecule has 1 N–H and O–H groups in total. The van der Waals surface area contributed by atoms with Gasteiger partial charge in [-0.25, -0.2) is 0 Å². The topological polar surface area (TPSA) is 37.8 Å². The Morgan fingerprint density at radius 3 is 2.41 bits per heavy atom. The van der Waals surface area contributed by atoms with E-state index in [1.54, 1.807) is 0 Å². The third-order valence-electron chi connectivity index (χ3n) is 2.87. The molecule has 0 saturated carbocycles. The molecule has 0 aliphatic rings. The molecule has 1 rings (SSSR count). The summed E-state index contributed by atoms with van der Waals surface area (Å²) < 4.78 is 0. The smallest absolute Gasteiger partial charge is 0.120 e. The average molecular weight is 255 g/mol. The summed E-state index contributed by atoms with van der Waals surface area (Å²) >= 11 is 1.81. The van der Waals surface area contributed by atoms with Crippen molar-refractivity contribution in [2.75, 3.05) is 13.1 Å². The van der Waals surface area contributed by atoms with Gasteiger partial charge < -0.3 is 5.32 Å². The molecular formula is C13H25N3S. The molecule has 98 valence electrons. The van der Waals surface area contributed by atoms with Crippen molar-refractivity contribution in [1.29, 1.82) is 0 Å². The zero-order chi connectivity index (χ0) is 12.5. The van der Waals surface area contributed by atoms with Gasteiger partial charge in [-0.1, -0.05) is 33.6 Å². The average Bonchev–Trinajstić information content (AvgIpc) is 2.78. The zero-order valence-electron chi connectivity index (χ0n) is 11.3. The lowest BCUT2D eigenvalue weighted by molar-refractivity contribution is 0.554. The van der Waals surface area contributed by atoms with Gasteiger partial charge in [0, 0.05) is 18.9 Å². The third-order valence-corrected chi connectivity index (χ3v) is 4.02. The van der Waals surface area contributed by atoms with Gasteiger partial charge in [0.2, 0.25) is 0 Å². The van der Waals surface area contributed by atoms with Crippen LogP contribution in [0.25, 0.3) is 0 Å². The minimum Gasteiger partial charge on any atom is -0.317 e. The number of rotatable bonds is 9. The predicted octanol–water partition coefficient (Wildman–Crippen LogP) is 3.37. The first-order valence-corrected chi connectivity index (χ1v) is 7.66. The summed E-state index contributed by atoms with van der Waals surface area (Å²) in [6.45, 7) is 8.66. The highest BCUT2D eigenvalue weighted by atomic mass is 32.1. The molecule has 0 radical (unpaired) electrons. The first kappa shape index (κ1) is 14.6. The molecule has 1 heterocycles. The van der Waals surface area contributed by atoms with Gasteiger partial charge in [-0.3, -0.25) is 0 Å². The summed E-state index contributed by atoms with van der Waals surface area (Å²) in [4.78, 5) is 0. The second-order valence-corrected chi connectivity index (χ2v) is 5.51. The van der Waals surface area contributed by atoms with E-state index in [0.717, 1.165) is 19.5 Å². The maximum atomic E-state index is 4.37.